The van der Waals surface area contributed by atoms with Crippen molar-refractivity contribution in [2.45, 2.75) is 18.4 Å². The second kappa shape index (κ2) is 4.04. The van der Waals surface area contributed by atoms with Crippen LogP contribution in [0.25, 0.3) is 0 Å². The molecule has 1 aromatic carbocycles. The Balaban J connectivity index is 1.96. The van der Waals surface area contributed by atoms with E-state index in [0.29, 0.717) is 17.5 Å². The van der Waals surface area contributed by atoms with Gasteiger partial charge < -0.3 is 15.4 Å². The van der Waals surface area contributed by atoms with Gasteiger partial charge in [0.15, 0.2) is 0 Å². The zero-order chi connectivity index (χ0) is 11.8. The van der Waals surface area contributed by atoms with Gasteiger partial charge in [0.2, 0.25) is 0 Å². The summed E-state index contributed by atoms with van der Waals surface area (Å²) < 4.78 is 4.76. The number of ether oxygens (including phenoxy) is 1. The molecule has 90 valence electrons. The number of carbonyl (C=O) groups excluding carboxylic acids is 1. The predicted molar refractivity (Wildman–Crippen MR) is 65.4 cm³/mol. The fourth-order valence-corrected chi connectivity index (χ4v) is 2.83. The van der Waals surface area contributed by atoms with Crippen LogP contribution in [0.1, 0.15) is 28.3 Å². The van der Waals surface area contributed by atoms with Crippen LogP contribution in [0.3, 0.4) is 0 Å². The minimum atomic E-state index is -0.259. The van der Waals surface area contributed by atoms with Crippen LogP contribution in [-0.2, 0) is 4.74 Å². The lowest BCUT2D eigenvalue weighted by Crippen LogP contribution is -2.40. The third-order valence-corrected chi connectivity index (χ3v) is 3.70. The zero-order valence-electron chi connectivity index (χ0n) is 9.82. The molecule has 0 bridgehead atoms. The van der Waals surface area contributed by atoms with E-state index in [9.17, 15) is 4.79 Å². The molecule has 17 heavy (non-hydrogen) atoms. The summed E-state index contributed by atoms with van der Waals surface area (Å²) in [5.41, 5.74) is 3.07. The maximum absolute atomic E-state index is 11.5. The Morgan fingerprint density at radius 1 is 1.47 bits per heavy atom. The van der Waals surface area contributed by atoms with E-state index in [-0.39, 0.29) is 5.97 Å². The zero-order valence-corrected chi connectivity index (χ0v) is 9.82. The molecule has 0 amide bonds. The molecule has 2 aliphatic heterocycles. The van der Waals surface area contributed by atoms with Crippen LogP contribution in [0, 0.1) is 0 Å². The first-order chi connectivity index (χ1) is 8.29. The van der Waals surface area contributed by atoms with Gasteiger partial charge in [0, 0.05) is 24.2 Å². The van der Waals surface area contributed by atoms with Crippen molar-refractivity contribution in [3.63, 3.8) is 0 Å². The Hall–Kier alpha value is -1.55. The summed E-state index contributed by atoms with van der Waals surface area (Å²) in [4.78, 5) is 11.5. The van der Waals surface area contributed by atoms with E-state index in [1.807, 2.05) is 18.2 Å². The van der Waals surface area contributed by atoms with Gasteiger partial charge in [0.25, 0.3) is 0 Å². The average molecular weight is 232 g/mol. The normalized spacial score (nSPS) is 25.7. The lowest BCUT2D eigenvalue weighted by Gasteiger charge is -2.26. The molecule has 2 N–H and O–H groups in total. The lowest BCUT2D eigenvalue weighted by atomic mass is 9.88. The molecule has 2 unspecified atom stereocenters. The van der Waals surface area contributed by atoms with Crippen LogP contribution >= 0.6 is 0 Å². The van der Waals surface area contributed by atoms with Crippen LogP contribution in [0.5, 0.6) is 0 Å². The van der Waals surface area contributed by atoms with Gasteiger partial charge in [-0.25, -0.2) is 4.79 Å². The molecule has 4 heteroatoms. The molecule has 1 aromatic rings. The number of esters is 1. The van der Waals surface area contributed by atoms with E-state index in [1.54, 1.807) is 0 Å². The van der Waals surface area contributed by atoms with Gasteiger partial charge in [-0.2, -0.15) is 0 Å². The number of carbonyl (C=O) groups is 1. The van der Waals surface area contributed by atoms with Crippen molar-refractivity contribution < 1.29 is 9.53 Å². The second-order valence-electron chi connectivity index (χ2n) is 4.64. The van der Waals surface area contributed by atoms with E-state index >= 15 is 0 Å². The molecule has 1 saturated heterocycles. The molecule has 3 rings (SSSR count). The van der Waals surface area contributed by atoms with Gasteiger partial charge in [-0.15, -0.1) is 0 Å². The van der Waals surface area contributed by atoms with Crippen LogP contribution < -0.4 is 10.6 Å². The van der Waals surface area contributed by atoms with Gasteiger partial charge in [0.1, 0.15) is 0 Å². The first-order valence-electron chi connectivity index (χ1n) is 5.99. The monoisotopic (exact) mass is 232 g/mol. The Morgan fingerprint density at radius 2 is 2.35 bits per heavy atom. The van der Waals surface area contributed by atoms with E-state index < -0.39 is 0 Å². The Labute approximate surface area is 100 Å². The molecule has 0 spiro atoms. The third kappa shape index (κ3) is 1.69. The van der Waals surface area contributed by atoms with Crippen LogP contribution in [-0.4, -0.2) is 32.2 Å². The standard InChI is InChI=1S/C13H16N2O2/c1-17-13(16)8-2-3-11-10(6-8)9-4-5-14-7-12(9)15-11/h2-3,6,9,12,14-15H,4-5,7H2,1H3. The number of piperidine rings is 1. The number of benzene rings is 1. The summed E-state index contributed by atoms with van der Waals surface area (Å²) in [5.74, 6) is 0.265. The Morgan fingerprint density at radius 3 is 3.18 bits per heavy atom. The van der Waals surface area contributed by atoms with Crippen molar-refractivity contribution in [2.75, 3.05) is 25.5 Å². The van der Waals surface area contributed by atoms with Gasteiger partial charge in [0.05, 0.1) is 12.7 Å². The Kier molecular flexibility index (Phi) is 2.52. The molecular formula is C13H16N2O2. The van der Waals surface area contributed by atoms with Gasteiger partial charge in [-0.3, -0.25) is 0 Å². The van der Waals surface area contributed by atoms with E-state index in [1.165, 1.54) is 12.7 Å². The minimum Gasteiger partial charge on any atom is -0.465 e. The fraction of sp³-hybridized carbons (Fsp3) is 0.462. The maximum Gasteiger partial charge on any atom is 0.337 e. The number of nitrogens with one attached hydrogen (secondary N) is 2. The number of hydrogen-bond donors (Lipinski definition) is 2. The molecule has 2 atom stereocenters. The molecule has 1 fully saturated rings. The highest BCUT2D eigenvalue weighted by Crippen LogP contribution is 2.39. The van der Waals surface area contributed by atoms with E-state index in [4.69, 9.17) is 4.74 Å². The highest BCUT2D eigenvalue weighted by atomic mass is 16.5. The van der Waals surface area contributed by atoms with Gasteiger partial charge in [-0.05, 0) is 36.7 Å². The van der Waals surface area contributed by atoms with Crippen LogP contribution in [0.4, 0.5) is 5.69 Å². The molecule has 0 aliphatic carbocycles. The number of anilines is 1. The largest absolute Gasteiger partial charge is 0.465 e. The molecule has 0 radical (unpaired) electrons. The number of hydrogen-bond acceptors (Lipinski definition) is 4. The number of methoxy groups -OCH3 is 1. The smallest absolute Gasteiger partial charge is 0.337 e. The molecule has 0 saturated carbocycles. The lowest BCUT2D eigenvalue weighted by molar-refractivity contribution is 0.0600. The third-order valence-electron chi connectivity index (χ3n) is 3.70. The van der Waals surface area contributed by atoms with E-state index in [2.05, 4.69) is 10.6 Å². The minimum absolute atomic E-state index is 0.259. The molecule has 2 aliphatic rings. The SMILES string of the molecule is COC(=O)c1ccc2c(c1)C1CCNCC1N2. The number of rotatable bonds is 1. The highest BCUT2D eigenvalue weighted by molar-refractivity contribution is 5.90. The summed E-state index contributed by atoms with van der Waals surface area (Å²) in [5, 5.41) is 6.89. The van der Waals surface area contributed by atoms with Gasteiger partial charge >= 0.3 is 5.97 Å². The van der Waals surface area contributed by atoms with Crippen molar-refractivity contribution in [1.82, 2.24) is 5.32 Å². The van der Waals surface area contributed by atoms with Crippen molar-refractivity contribution >= 4 is 11.7 Å². The summed E-state index contributed by atoms with van der Waals surface area (Å²) in [6.45, 7) is 2.04. The highest BCUT2D eigenvalue weighted by Gasteiger charge is 2.34. The summed E-state index contributed by atoms with van der Waals surface area (Å²) in [6.07, 6.45) is 1.12. The van der Waals surface area contributed by atoms with Crippen molar-refractivity contribution in [3.05, 3.63) is 29.3 Å². The first kappa shape index (κ1) is 10.6. The predicted octanol–water partition coefficient (Wildman–Crippen LogP) is 1.34. The Bertz CT molecular complexity index is 459. The summed E-state index contributed by atoms with van der Waals surface area (Å²) >= 11 is 0. The molecule has 2 heterocycles. The van der Waals surface area contributed by atoms with Crippen LogP contribution in [0.2, 0.25) is 0 Å². The van der Waals surface area contributed by atoms with Gasteiger partial charge in [-0.1, -0.05) is 0 Å². The maximum atomic E-state index is 11.5. The van der Waals surface area contributed by atoms with Crippen LogP contribution in [0.15, 0.2) is 18.2 Å². The van der Waals surface area contributed by atoms with Crippen molar-refractivity contribution in [2.24, 2.45) is 0 Å². The molecular weight excluding hydrogens is 216 g/mol. The fourth-order valence-electron chi connectivity index (χ4n) is 2.83. The van der Waals surface area contributed by atoms with E-state index in [0.717, 1.165) is 25.2 Å². The summed E-state index contributed by atoms with van der Waals surface area (Å²) in [6, 6.07) is 6.25. The average Bonchev–Trinajstić information content (AvgIpc) is 2.75. The molecule has 4 nitrogen and oxygen atoms in total. The quantitative estimate of drug-likeness (QED) is 0.717. The second-order valence-corrected chi connectivity index (χ2v) is 4.64. The summed E-state index contributed by atoms with van der Waals surface area (Å²) in [7, 11) is 1.42. The number of fused-ring (bicyclic) bond motifs is 3. The van der Waals surface area contributed by atoms with Crippen molar-refractivity contribution in [3.8, 4) is 0 Å². The topological polar surface area (TPSA) is 50.4 Å². The molecule has 0 aromatic heterocycles. The van der Waals surface area contributed by atoms with Crippen molar-refractivity contribution in [1.29, 1.82) is 0 Å². The first-order valence-corrected chi connectivity index (χ1v) is 5.99.